The van der Waals surface area contributed by atoms with Gasteiger partial charge in [-0.3, -0.25) is 15.0 Å². The first-order valence-electron chi connectivity index (χ1n) is 8.35. The van der Waals surface area contributed by atoms with Crippen LogP contribution in [-0.4, -0.2) is 35.0 Å². The van der Waals surface area contributed by atoms with Crippen LogP contribution in [-0.2, 0) is 9.59 Å². The van der Waals surface area contributed by atoms with Gasteiger partial charge in [0.15, 0.2) is 6.61 Å². The van der Waals surface area contributed by atoms with Crippen LogP contribution in [0.4, 0.5) is 4.79 Å². The van der Waals surface area contributed by atoms with Crippen LogP contribution < -0.4 is 15.5 Å². The molecule has 1 aliphatic heterocycles. The van der Waals surface area contributed by atoms with Crippen LogP contribution in [0, 0.1) is 5.92 Å². The molecule has 4 amide bonds. The van der Waals surface area contributed by atoms with Gasteiger partial charge in [-0.15, -0.1) is 0 Å². The standard InChI is InChI=1S/C17H19Cl2N3O4/c1-10-4-6-17(7-5-10)15(24)22(16(25)20-17)21-14(23)9-26-13-8-11(18)2-3-12(13)19/h2-3,8,10H,4-7,9H2,1H3,(H,20,25)(H,21,23). The fourth-order valence-electron chi connectivity index (χ4n) is 3.20. The third kappa shape index (κ3) is 3.73. The van der Waals surface area contributed by atoms with E-state index in [-0.39, 0.29) is 5.75 Å². The number of hydrazine groups is 1. The normalized spacial score (nSPS) is 25.3. The highest BCUT2D eigenvalue weighted by atomic mass is 35.5. The first kappa shape index (κ1) is 18.8. The number of rotatable bonds is 4. The summed E-state index contributed by atoms with van der Waals surface area (Å²) < 4.78 is 5.31. The van der Waals surface area contributed by atoms with Crippen LogP contribution in [0.3, 0.4) is 0 Å². The van der Waals surface area contributed by atoms with Gasteiger partial charge in [0.05, 0.1) is 5.02 Å². The van der Waals surface area contributed by atoms with E-state index < -0.39 is 30.0 Å². The molecule has 1 saturated carbocycles. The number of carbonyl (C=O) groups excluding carboxylic acids is 3. The van der Waals surface area contributed by atoms with E-state index >= 15 is 0 Å². The summed E-state index contributed by atoms with van der Waals surface area (Å²) in [5.74, 6) is -0.316. The van der Waals surface area contributed by atoms with Crippen molar-refractivity contribution >= 4 is 41.0 Å². The van der Waals surface area contributed by atoms with Crippen molar-refractivity contribution in [3.8, 4) is 5.75 Å². The van der Waals surface area contributed by atoms with Gasteiger partial charge in [-0.1, -0.05) is 30.1 Å². The number of imide groups is 1. The molecule has 0 unspecified atom stereocenters. The molecule has 0 aromatic heterocycles. The molecule has 0 atom stereocenters. The van der Waals surface area contributed by atoms with Gasteiger partial charge in [0.25, 0.3) is 11.8 Å². The van der Waals surface area contributed by atoms with Crippen molar-refractivity contribution in [2.24, 2.45) is 5.92 Å². The number of nitrogens with zero attached hydrogens (tertiary/aromatic N) is 1. The molecule has 2 aliphatic rings. The predicted molar refractivity (Wildman–Crippen MR) is 95.8 cm³/mol. The van der Waals surface area contributed by atoms with E-state index in [1.807, 2.05) is 0 Å². The van der Waals surface area contributed by atoms with Crippen molar-refractivity contribution in [1.82, 2.24) is 15.8 Å². The molecule has 1 spiro atoms. The van der Waals surface area contributed by atoms with E-state index in [0.717, 1.165) is 17.9 Å². The van der Waals surface area contributed by atoms with Crippen LogP contribution >= 0.6 is 23.2 Å². The van der Waals surface area contributed by atoms with Gasteiger partial charge in [0, 0.05) is 11.1 Å². The SMILES string of the molecule is CC1CCC2(CC1)NC(=O)N(NC(=O)COc1cc(Cl)ccc1Cl)C2=O. The largest absolute Gasteiger partial charge is 0.482 e. The summed E-state index contributed by atoms with van der Waals surface area (Å²) in [7, 11) is 0. The Balaban J connectivity index is 1.60. The molecule has 1 aliphatic carbocycles. The second-order valence-electron chi connectivity index (χ2n) is 6.73. The number of amides is 4. The molecule has 1 heterocycles. The van der Waals surface area contributed by atoms with Crippen molar-refractivity contribution < 1.29 is 19.1 Å². The van der Waals surface area contributed by atoms with E-state index in [0.29, 0.717) is 28.8 Å². The highest BCUT2D eigenvalue weighted by Crippen LogP contribution is 2.35. The van der Waals surface area contributed by atoms with E-state index in [4.69, 9.17) is 27.9 Å². The van der Waals surface area contributed by atoms with E-state index in [1.54, 1.807) is 12.1 Å². The monoisotopic (exact) mass is 399 g/mol. The van der Waals surface area contributed by atoms with Gasteiger partial charge >= 0.3 is 6.03 Å². The number of hydrogen-bond donors (Lipinski definition) is 2. The minimum absolute atomic E-state index is 0.240. The number of halogens is 2. The van der Waals surface area contributed by atoms with Crippen molar-refractivity contribution in [3.05, 3.63) is 28.2 Å². The lowest BCUT2D eigenvalue weighted by Gasteiger charge is -2.33. The molecule has 2 fully saturated rings. The van der Waals surface area contributed by atoms with Crippen molar-refractivity contribution in [2.75, 3.05) is 6.61 Å². The molecule has 140 valence electrons. The highest BCUT2D eigenvalue weighted by molar-refractivity contribution is 6.34. The maximum atomic E-state index is 12.7. The van der Waals surface area contributed by atoms with E-state index in [1.165, 1.54) is 6.07 Å². The average Bonchev–Trinajstić information content (AvgIpc) is 2.83. The highest BCUT2D eigenvalue weighted by Gasteiger charge is 2.52. The molecule has 1 aromatic rings. The fraction of sp³-hybridized carbons (Fsp3) is 0.471. The van der Waals surface area contributed by atoms with E-state index in [9.17, 15) is 14.4 Å². The molecule has 2 N–H and O–H groups in total. The maximum Gasteiger partial charge on any atom is 0.344 e. The van der Waals surface area contributed by atoms with Gasteiger partial charge in [0.1, 0.15) is 11.3 Å². The van der Waals surface area contributed by atoms with Crippen LogP contribution in [0.25, 0.3) is 0 Å². The van der Waals surface area contributed by atoms with Gasteiger partial charge in [0.2, 0.25) is 0 Å². The summed E-state index contributed by atoms with van der Waals surface area (Å²) in [5.41, 5.74) is 1.39. The quantitative estimate of drug-likeness (QED) is 0.761. The molecule has 7 nitrogen and oxygen atoms in total. The Kier molecular flexibility index (Phi) is 5.29. The summed E-state index contributed by atoms with van der Waals surface area (Å²) in [6.07, 6.45) is 2.84. The summed E-state index contributed by atoms with van der Waals surface area (Å²) in [5, 5.41) is 4.17. The first-order valence-corrected chi connectivity index (χ1v) is 9.10. The molecule has 1 saturated heterocycles. The molecule has 0 radical (unpaired) electrons. The predicted octanol–water partition coefficient (Wildman–Crippen LogP) is 2.90. The molecular weight excluding hydrogens is 381 g/mol. The second kappa shape index (κ2) is 7.32. The van der Waals surface area contributed by atoms with Gasteiger partial charge < -0.3 is 10.1 Å². The summed E-state index contributed by atoms with van der Waals surface area (Å²) in [6.45, 7) is 1.70. The summed E-state index contributed by atoms with van der Waals surface area (Å²) >= 11 is 11.8. The zero-order valence-electron chi connectivity index (χ0n) is 14.2. The van der Waals surface area contributed by atoms with Crippen LogP contribution in [0.1, 0.15) is 32.6 Å². The third-order valence-corrected chi connectivity index (χ3v) is 5.33. The van der Waals surface area contributed by atoms with Gasteiger partial charge in [-0.05, 0) is 43.7 Å². The molecule has 3 rings (SSSR count). The lowest BCUT2D eigenvalue weighted by molar-refractivity contribution is -0.140. The average molecular weight is 400 g/mol. The molecule has 9 heteroatoms. The maximum absolute atomic E-state index is 12.7. The Morgan fingerprint density at radius 2 is 2.04 bits per heavy atom. The van der Waals surface area contributed by atoms with Crippen LogP contribution in [0.15, 0.2) is 18.2 Å². The minimum Gasteiger partial charge on any atom is -0.482 e. The topological polar surface area (TPSA) is 87.7 Å². The molecular formula is C17H19Cl2N3O4. The smallest absolute Gasteiger partial charge is 0.344 e. The zero-order valence-corrected chi connectivity index (χ0v) is 15.7. The Labute approximate surface area is 160 Å². The molecule has 1 aromatic carbocycles. The zero-order chi connectivity index (χ0) is 18.9. The van der Waals surface area contributed by atoms with Gasteiger partial charge in [-0.2, -0.15) is 5.01 Å². The number of ether oxygens (including phenoxy) is 1. The Morgan fingerprint density at radius 1 is 1.35 bits per heavy atom. The van der Waals surface area contributed by atoms with Crippen molar-refractivity contribution in [1.29, 1.82) is 0 Å². The van der Waals surface area contributed by atoms with Crippen molar-refractivity contribution in [2.45, 2.75) is 38.1 Å². The number of urea groups is 1. The van der Waals surface area contributed by atoms with Crippen LogP contribution in [0.2, 0.25) is 10.0 Å². The fourth-order valence-corrected chi connectivity index (χ4v) is 3.54. The molecule has 0 bridgehead atoms. The lowest BCUT2D eigenvalue weighted by Crippen LogP contribution is -2.52. The number of nitrogens with one attached hydrogen (secondary N) is 2. The Hall–Kier alpha value is -1.99. The Bertz CT molecular complexity index is 748. The summed E-state index contributed by atoms with van der Waals surface area (Å²) in [4.78, 5) is 36.9. The van der Waals surface area contributed by atoms with E-state index in [2.05, 4.69) is 17.7 Å². The molecule has 26 heavy (non-hydrogen) atoms. The summed E-state index contributed by atoms with van der Waals surface area (Å²) in [6, 6.07) is 3.98. The lowest BCUT2D eigenvalue weighted by atomic mass is 9.77. The second-order valence-corrected chi connectivity index (χ2v) is 7.58. The number of hydrogen-bond acceptors (Lipinski definition) is 4. The minimum atomic E-state index is -0.909. The van der Waals surface area contributed by atoms with Gasteiger partial charge in [-0.25, -0.2) is 4.79 Å². The van der Waals surface area contributed by atoms with Crippen LogP contribution in [0.5, 0.6) is 5.75 Å². The van der Waals surface area contributed by atoms with Crippen molar-refractivity contribution in [3.63, 3.8) is 0 Å². The number of carbonyl (C=O) groups is 3. The number of benzene rings is 1. The first-order chi connectivity index (χ1) is 12.3. The third-order valence-electron chi connectivity index (χ3n) is 4.78. The Morgan fingerprint density at radius 3 is 2.73 bits per heavy atom.